The average molecular weight is 241 g/mol. The fourth-order valence-electron chi connectivity index (χ4n) is 2.23. The summed E-state index contributed by atoms with van der Waals surface area (Å²) in [6, 6.07) is 0. The first-order valence-electron chi connectivity index (χ1n) is 6.18. The smallest absolute Gasteiger partial charge is 0.308 e. The summed E-state index contributed by atoms with van der Waals surface area (Å²) in [6.07, 6.45) is 3.20. The predicted octanol–water partition coefficient (Wildman–Crippen LogP) is 0.577. The molecule has 17 heavy (non-hydrogen) atoms. The summed E-state index contributed by atoms with van der Waals surface area (Å²) < 4.78 is 10.1. The zero-order valence-electron chi connectivity index (χ0n) is 10.2. The normalized spacial score (nSPS) is 25.2. The lowest BCUT2D eigenvalue weighted by atomic mass is 9.84. The van der Waals surface area contributed by atoms with Crippen molar-refractivity contribution in [1.29, 1.82) is 0 Å². The van der Waals surface area contributed by atoms with Crippen molar-refractivity contribution in [1.82, 2.24) is 4.90 Å². The van der Waals surface area contributed by atoms with Gasteiger partial charge in [0.2, 0.25) is 5.91 Å². The summed E-state index contributed by atoms with van der Waals surface area (Å²) >= 11 is 0. The molecule has 1 heterocycles. The number of esters is 1. The first kappa shape index (κ1) is 12.4. The standard InChI is InChI=1S/C12H19NO4/c1-16-11(14)7-10-8-13(5-6-17-10)12(15)9-3-2-4-9/h9-10H,2-8H2,1H3. The van der Waals surface area contributed by atoms with Gasteiger partial charge in [0.25, 0.3) is 0 Å². The molecule has 1 saturated carbocycles. The first-order valence-corrected chi connectivity index (χ1v) is 6.18. The van der Waals surface area contributed by atoms with E-state index < -0.39 is 0 Å². The molecule has 96 valence electrons. The van der Waals surface area contributed by atoms with E-state index in [1.54, 1.807) is 0 Å². The fourth-order valence-corrected chi connectivity index (χ4v) is 2.23. The molecule has 1 atom stereocenters. The molecule has 5 heteroatoms. The van der Waals surface area contributed by atoms with Crippen LogP contribution >= 0.6 is 0 Å². The molecule has 0 N–H and O–H groups in total. The van der Waals surface area contributed by atoms with Gasteiger partial charge in [-0.3, -0.25) is 9.59 Å². The highest BCUT2D eigenvalue weighted by molar-refractivity contribution is 5.79. The van der Waals surface area contributed by atoms with E-state index in [0.29, 0.717) is 19.7 Å². The number of ether oxygens (including phenoxy) is 2. The van der Waals surface area contributed by atoms with Gasteiger partial charge >= 0.3 is 5.97 Å². The number of methoxy groups -OCH3 is 1. The van der Waals surface area contributed by atoms with Gasteiger partial charge in [-0.25, -0.2) is 0 Å². The molecule has 0 aromatic carbocycles. The zero-order chi connectivity index (χ0) is 12.3. The first-order chi connectivity index (χ1) is 8.20. The third kappa shape index (κ3) is 2.97. The lowest BCUT2D eigenvalue weighted by Crippen LogP contribution is -2.49. The number of morpholine rings is 1. The Balaban J connectivity index is 1.83. The topological polar surface area (TPSA) is 55.8 Å². The maximum atomic E-state index is 12.0. The molecule has 0 aromatic heterocycles. The molecule has 1 unspecified atom stereocenters. The lowest BCUT2D eigenvalue weighted by molar-refractivity contribution is -0.152. The maximum Gasteiger partial charge on any atom is 0.308 e. The van der Waals surface area contributed by atoms with Crippen LogP contribution < -0.4 is 0 Å². The van der Waals surface area contributed by atoms with E-state index in [1.165, 1.54) is 7.11 Å². The summed E-state index contributed by atoms with van der Waals surface area (Å²) in [6.45, 7) is 1.68. The van der Waals surface area contributed by atoms with Crippen molar-refractivity contribution in [3.63, 3.8) is 0 Å². The third-order valence-corrected chi connectivity index (χ3v) is 3.53. The fraction of sp³-hybridized carbons (Fsp3) is 0.833. The average Bonchev–Trinajstić information content (AvgIpc) is 2.27. The SMILES string of the molecule is COC(=O)CC1CN(C(=O)C2CCC2)CCO1. The van der Waals surface area contributed by atoms with Gasteiger partial charge in [0.15, 0.2) is 0 Å². The molecule has 0 aromatic rings. The highest BCUT2D eigenvalue weighted by atomic mass is 16.5. The minimum absolute atomic E-state index is 0.208. The number of hydrogen-bond acceptors (Lipinski definition) is 4. The Morgan fingerprint density at radius 2 is 2.18 bits per heavy atom. The Morgan fingerprint density at radius 3 is 2.76 bits per heavy atom. The second kappa shape index (κ2) is 5.49. The van der Waals surface area contributed by atoms with E-state index >= 15 is 0 Å². The Morgan fingerprint density at radius 1 is 1.41 bits per heavy atom. The van der Waals surface area contributed by atoms with E-state index in [0.717, 1.165) is 19.3 Å². The summed E-state index contributed by atoms with van der Waals surface area (Å²) in [5, 5.41) is 0. The lowest BCUT2D eigenvalue weighted by Gasteiger charge is -2.36. The van der Waals surface area contributed by atoms with E-state index in [-0.39, 0.29) is 30.3 Å². The Labute approximate surface area is 101 Å². The van der Waals surface area contributed by atoms with Crippen LogP contribution in [-0.4, -0.2) is 49.7 Å². The van der Waals surface area contributed by atoms with Crippen molar-refractivity contribution in [3.8, 4) is 0 Å². The van der Waals surface area contributed by atoms with Crippen molar-refractivity contribution >= 4 is 11.9 Å². The summed E-state index contributed by atoms with van der Waals surface area (Å²) in [4.78, 5) is 25.0. The summed E-state index contributed by atoms with van der Waals surface area (Å²) in [5.74, 6) is 0.161. The largest absolute Gasteiger partial charge is 0.469 e. The number of nitrogens with zero attached hydrogens (tertiary/aromatic N) is 1. The molecule has 1 aliphatic carbocycles. The Bertz CT molecular complexity index is 301. The van der Waals surface area contributed by atoms with Crippen LogP contribution in [-0.2, 0) is 19.1 Å². The molecule has 2 aliphatic rings. The highest BCUT2D eigenvalue weighted by Crippen LogP contribution is 2.29. The zero-order valence-corrected chi connectivity index (χ0v) is 10.2. The summed E-state index contributed by atoms with van der Waals surface area (Å²) in [5.41, 5.74) is 0. The molecular weight excluding hydrogens is 222 g/mol. The monoisotopic (exact) mass is 241 g/mol. The van der Waals surface area contributed by atoms with Gasteiger partial charge in [0.05, 0.1) is 26.2 Å². The van der Waals surface area contributed by atoms with Gasteiger partial charge in [-0.2, -0.15) is 0 Å². The highest BCUT2D eigenvalue weighted by Gasteiger charge is 2.33. The second-order valence-electron chi connectivity index (χ2n) is 4.69. The maximum absolute atomic E-state index is 12.0. The van der Waals surface area contributed by atoms with Crippen molar-refractivity contribution in [2.45, 2.75) is 31.8 Å². The van der Waals surface area contributed by atoms with Crippen LogP contribution in [0.2, 0.25) is 0 Å². The number of amides is 1. The van der Waals surface area contributed by atoms with E-state index in [4.69, 9.17) is 4.74 Å². The molecule has 2 fully saturated rings. The Kier molecular flexibility index (Phi) is 3.99. The van der Waals surface area contributed by atoms with Gasteiger partial charge < -0.3 is 14.4 Å². The molecule has 1 saturated heterocycles. The van der Waals surface area contributed by atoms with Crippen LogP contribution in [0.25, 0.3) is 0 Å². The van der Waals surface area contributed by atoms with E-state index in [9.17, 15) is 9.59 Å². The van der Waals surface area contributed by atoms with Gasteiger partial charge in [0, 0.05) is 19.0 Å². The predicted molar refractivity (Wildman–Crippen MR) is 60.3 cm³/mol. The van der Waals surface area contributed by atoms with Crippen LogP contribution in [0.5, 0.6) is 0 Å². The summed E-state index contributed by atoms with van der Waals surface area (Å²) in [7, 11) is 1.36. The molecule has 0 spiro atoms. The van der Waals surface area contributed by atoms with Gasteiger partial charge in [-0.1, -0.05) is 6.42 Å². The van der Waals surface area contributed by atoms with Crippen LogP contribution in [0.3, 0.4) is 0 Å². The minimum atomic E-state index is -0.284. The number of carbonyl (C=O) groups excluding carboxylic acids is 2. The number of hydrogen-bond donors (Lipinski definition) is 0. The molecule has 1 aliphatic heterocycles. The van der Waals surface area contributed by atoms with Crippen LogP contribution in [0.4, 0.5) is 0 Å². The molecule has 1 amide bonds. The molecule has 0 radical (unpaired) electrons. The van der Waals surface area contributed by atoms with Crippen molar-refractivity contribution in [3.05, 3.63) is 0 Å². The number of rotatable bonds is 3. The molecular formula is C12H19NO4. The van der Waals surface area contributed by atoms with Crippen LogP contribution in [0.1, 0.15) is 25.7 Å². The number of carbonyl (C=O) groups is 2. The van der Waals surface area contributed by atoms with Crippen LogP contribution in [0.15, 0.2) is 0 Å². The minimum Gasteiger partial charge on any atom is -0.469 e. The van der Waals surface area contributed by atoms with E-state index in [2.05, 4.69) is 4.74 Å². The van der Waals surface area contributed by atoms with Crippen molar-refractivity contribution < 1.29 is 19.1 Å². The molecule has 5 nitrogen and oxygen atoms in total. The third-order valence-electron chi connectivity index (χ3n) is 3.53. The van der Waals surface area contributed by atoms with Crippen molar-refractivity contribution in [2.24, 2.45) is 5.92 Å². The van der Waals surface area contributed by atoms with Gasteiger partial charge in [-0.15, -0.1) is 0 Å². The van der Waals surface area contributed by atoms with Crippen LogP contribution in [0, 0.1) is 5.92 Å². The molecule has 2 rings (SSSR count). The van der Waals surface area contributed by atoms with Gasteiger partial charge in [0.1, 0.15) is 0 Å². The van der Waals surface area contributed by atoms with E-state index in [1.807, 2.05) is 4.90 Å². The molecule has 0 bridgehead atoms. The Hall–Kier alpha value is -1.10. The second-order valence-corrected chi connectivity index (χ2v) is 4.69. The van der Waals surface area contributed by atoms with Crippen molar-refractivity contribution in [2.75, 3.05) is 26.8 Å². The van der Waals surface area contributed by atoms with Gasteiger partial charge in [-0.05, 0) is 12.8 Å². The quantitative estimate of drug-likeness (QED) is 0.678.